The Labute approximate surface area is 133 Å². The van der Waals surface area contributed by atoms with Gasteiger partial charge in [0.05, 0.1) is 30.8 Å². The molecule has 1 aromatic rings. The Morgan fingerprint density at radius 2 is 1.96 bits per heavy atom. The van der Waals surface area contributed by atoms with Gasteiger partial charge in [-0.05, 0) is 6.92 Å². The van der Waals surface area contributed by atoms with Crippen LogP contribution in [0.1, 0.15) is 13.3 Å². The van der Waals surface area contributed by atoms with Crippen molar-refractivity contribution in [2.75, 3.05) is 26.9 Å². The lowest BCUT2D eigenvalue weighted by Gasteiger charge is -2.15. The number of benzene rings is 1. The summed E-state index contributed by atoms with van der Waals surface area (Å²) in [6.07, 6.45) is 0.605. The van der Waals surface area contributed by atoms with Crippen LogP contribution in [0.25, 0.3) is 0 Å². The van der Waals surface area contributed by atoms with Gasteiger partial charge < -0.3 is 14.2 Å². The zero-order valence-electron chi connectivity index (χ0n) is 12.8. The van der Waals surface area contributed by atoms with Crippen molar-refractivity contribution in [1.29, 1.82) is 0 Å². The summed E-state index contributed by atoms with van der Waals surface area (Å²) in [7, 11) is -2.68. The number of nitrogens with zero attached hydrogens (tertiary/aromatic N) is 1. The second-order valence-electron chi connectivity index (χ2n) is 5.05. The lowest BCUT2D eigenvalue weighted by molar-refractivity contribution is -0.387. The standard InChI is InChI=1S/C13H18N2O7S/c1-9(8-20-2)14-23(18,19)13-7-12-11(6-10(13)15(16)17)21-4-3-5-22-12/h6-7,9,14H,3-5,8H2,1-2H3/t9-/m1/s1. The van der Waals surface area contributed by atoms with Gasteiger partial charge in [-0.15, -0.1) is 0 Å². The van der Waals surface area contributed by atoms with Gasteiger partial charge in [-0.25, -0.2) is 13.1 Å². The maximum absolute atomic E-state index is 12.4. The van der Waals surface area contributed by atoms with E-state index in [2.05, 4.69) is 4.72 Å². The highest BCUT2D eigenvalue weighted by molar-refractivity contribution is 7.89. The fourth-order valence-corrected chi connectivity index (χ4v) is 3.55. The largest absolute Gasteiger partial charge is 0.490 e. The number of hydrogen-bond donors (Lipinski definition) is 1. The maximum atomic E-state index is 12.4. The van der Waals surface area contributed by atoms with Gasteiger partial charge in [0, 0.05) is 25.6 Å². The van der Waals surface area contributed by atoms with Crippen molar-refractivity contribution in [3.8, 4) is 11.5 Å². The molecule has 0 saturated heterocycles. The lowest BCUT2D eigenvalue weighted by atomic mass is 10.3. The second kappa shape index (κ2) is 7.11. The van der Waals surface area contributed by atoms with E-state index in [9.17, 15) is 18.5 Å². The van der Waals surface area contributed by atoms with Crippen molar-refractivity contribution >= 4 is 15.7 Å². The van der Waals surface area contributed by atoms with Gasteiger partial charge in [-0.2, -0.15) is 0 Å². The predicted octanol–water partition coefficient (Wildman–Crippen LogP) is 1.07. The van der Waals surface area contributed by atoms with Crippen molar-refractivity contribution in [2.24, 2.45) is 0 Å². The molecule has 0 spiro atoms. The van der Waals surface area contributed by atoms with E-state index < -0.39 is 31.6 Å². The number of methoxy groups -OCH3 is 1. The molecule has 0 unspecified atom stereocenters. The van der Waals surface area contributed by atoms with Crippen LogP contribution in [0.15, 0.2) is 17.0 Å². The quantitative estimate of drug-likeness (QED) is 0.605. The summed E-state index contributed by atoms with van der Waals surface area (Å²) >= 11 is 0. The minimum absolute atomic E-state index is 0.136. The van der Waals surface area contributed by atoms with E-state index in [0.29, 0.717) is 19.6 Å². The SMILES string of the molecule is COC[C@@H](C)NS(=O)(=O)c1cc2c(cc1[N+](=O)[O-])OCCCO2. The first-order valence-corrected chi connectivity index (χ1v) is 8.42. The molecule has 1 aromatic carbocycles. The van der Waals surface area contributed by atoms with E-state index in [1.807, 2.05) is 0 Å². The zero-order chi connectivity index (χ0) is 17.0. The first-order chi connectivity index (χ1) is 10.8. The van der Waals surface area contributed by atoms with Crippen LogP contribution in [0.2, 0.25) is 0 Å². The first-order valence-electron chi connectivity index (χ1n) is 6.94. The minimum Gasteiger partial charge on any atom is -0.490 e. The van der Waals surface area contributed by atoms with E-state index in [1.54, 1.807) is 6.92 Å². The number of ether oxygens (including phenoxy) is 3. The second-order valence-corrected chi connectivity index (χ2v) is 6.73. The van der Waals surface area contributed by atoms with E-state index in [0.717, 1.165) is 12.1 Å². The van der Waals surface area contributed by atoms with Gasteiger partial charge in [0.2, 0.25) is 10.0 Å². The predicted molar refractivity (Wildman–Crippen MR) is 80.4 cm³/mol. The normalized spacial score (nSPS) is 15.7. The Balaban J connectivity index is 2.47. The van der Waals surface area contributed by atoms with Gasteiger partial charge in [-0.3, -0.25) is 10.1 Å². The van der Waals surface area contributed by atoms with E-state index in [-0.39, 0.29) is 18.1 Å². The molecule has 1 aliphatic heterocycles. The molecule has 0 amide bonds. The van der Waals surface area contributed by atoms with Crippen LogP contribution in [0.3, 0.4) is 0 Å². The smallest absolute Gasteiger partial charge is 0.293 e. The molecule has 0 saturated carbocycles. The van der Waals surface area contributed by atoms with Crippen LogP contribution >= 0.6 is 0 Å². The zero-order valence-corrected chi connectivity index (χ0v) is 13.6. The monoisotopic (exact) mass is 346 g/mol. The molecule has 0 radical (unpaired) electrons. The number of rotatable bonds is 6. The van der Waals surface area contributed by atoms with Crippen LogP contribution in [0.4, 0.5) is 5.69 Å². The topological polar surface area (TPSA) is 117 Å². The van der Waals surface area contributed by atoms with Gasteiger partial charge in [0.25, 0.3) is 5.69 Å². The van der Waals surface area contributed by atoms with Gasteiger partial charge in [-0.1, -0.05) is 0 Å². The van der Waals surface area contributed by atoms with E-state index in [1.165, 1.54) is 7.11 Å². The summed E-state index contributed by atoms with van der Waals surface area (Å²) in [5, 5.41) is 11.2. The fraction of sp³-hybridized carbons (Fsp3) is 0.538. The van der Waals surface area contributed by atoms with Gasteiger partial charge in [0.15, 0.2) is 16.4 Å². The highest BCUT2D eigenvalue weighted by Crippen LogP contribution is 2.38. The van der Waals surface area contributed by atoms with E-state index in [4.69, 9.17) is 14.2 Å². The molecule has 1 N–H and O–H groups in total. The fourth-order valence-electron chi connectivity index (χ4n) is 2.15. The Morgan fingerprint density at radius 1 is 1.35 bits per heavy atom. The molecular formula is C13H18N2O7S. The third-order valence-corrected chi connectivity index (χ3v) is 4.71. The molecule has 1 atom stereocenters. The van der Waals surface area contributed by atoms with E-state index >= 15 is 0 Å². The molecule has 1 heterocycles. The molecule has 10 heteroatoms. The number of fused-ring (bicyclic) bond motifs is 1. The molecule has 2 rings (SSSR count). The minimum atomic E-state index is -4.11. The summed E-state index contributed by atoms with van der Waals surface area (Å²) < 4.78 is 42.9. The number of nitro groups is 1. The van der Waals surface area contributed by atoms with Crippen LogP contribution in [0, 0.1) is 10.1 Å². The third-order valence-electron chi connectivity index (χ3n) is 3.09. The number of hydrogen-bond acceptors (Lipinski definition) is 7. The van der Waals surface area contributed by atoms with Gasteiger partial charge >= 0.3 is 0 Å². The Kier molecular flexibility index (Phi) is 5.39. The molecule has 0 aliphatic carbocycles. The number of nitro benzene ring substituents is 1. The molecule has 128 valence electrons. The number of sulfonamides is 1. The van der Waals surface area contributed by atoms with Crippen molar-refractivity contribution < 1.29 is 27.6 Å². The lowest BCUT2D eigenvalue weighted by Crippen LogP contribution is -2.35. The van der Waals surface area contributed by atoms with Gasteiger partial charge in [0.1, 0.15) is 0 Å². The molecule has 1 aliphatic rings. The van der Waals surface area contributed by atoms with Crippen molar-refractivity contribution in [3.63, 3.8) is 0 Å². The molecule has 23 heavy (non-hydrogen) atoms. The summed E-state index contributed by atoms with van der Waals surface area (Å²) in [6.45, 7) is 2.42. The highest BCUT2D eigenvalue weighted by Gasteiger charge is 2.30. The van der Waals surface area contributed by atoms with Crippen molar-refractivity contribution in [1.82, 2.24) is 4.72 Å². The molecular weight excluding hydrogens is 328 g/mol. The number of nitrogens with one attached hydrogen (secondary N) is 1. The Bertz CT molecular complexity index is 690. The average molecular weight is 346 g/mol. The van der Waals surface area contributed by atoms with Crippen LogP contribution in [-0.2, 0) is 14.8 Å². The molecule has 0 fully saturated rings. The van der Waals surface area contributed by atoms with Crippen LogP contribution in [0.5, 0.6) is 11.5 Å². The molecule has 0 bridgehead atoms. The highest BCUT2D eigenvalue weighted by atomic mass is 32.2. The third kappa shape index (κ3) is 4.09. The maximum Gasteiger partial charge on any atom is 0.293 e. The summed E-state index contributed by atoms with van der Waals surface area (Å²) in [4.78, 5) is 10.0. The molecule has 9 nitrogen and oxygen atoms in total. The summed E-state index contributed by atoms with van der Waals surface area (Å²) in [6, 6.07) is 1.66. The Morgan fingerprint density at radius 3 is 2.52 bits per heavy atom. The summed E-state index contributed by atoms with van der Waals surface area (Å²) in [5.41, 5.74) is -0.564. The van der Waals surface area contributed by atoms with Crippen molar-refractivity contribution in [3.05, 3.63) is 22.2 Å². The average Bonchev–Trinajstić information content (AvgIpc) is 2.70. The van der Waals surface area contributed by atoms with Crippen molar-refractivity contribution in [2.45, 2.75) is 24.3 Å². The van der Waals surface area contributed by atoms with Crippen LogP contribution < -0.4 is 14.2 Å². The first kappa shape index (κ1) is 17.4. The Hall–Kier alpha value is -1.91. The molecule has 0 aromatic heterocycles. The van der Waals surface area contributed by atoms with Crippen LogP contribution in [-0.4, -0.2) is 46.3 Å². The summed E-state index contributed by atoms with van der Waals surface area (Å²) in [5.74, 6) is 0.339.